The molecular weight excluding hydrogens is 180 g/mol. The van der Waals surface area contributed by atoms with Crippen LogP contribution in [0.15, 0.2) is 47.1 Å². The molecular formula is C15H17. The molecule has 0 aliphatic heterocycles. The van der Waals surface area contributed by atoms with E-state index < -0.39 is 0 Å². The minimum Gasteiger partial charge on any atom is -0.0622 e. The van der Waals surface area contributed by atoms with Crippen molar-refractivity contribution in [3.05, 3.63) is 58.7 Å². The summed E-state index contributed by atoms with van der Waals surface area (Å²) >= 11 is 0. The summed E-state index contributed by atoms with van der Waals surface area (Å²) in [5.41, 5.74) is 5.42. The van der Waals surface area contributed by atoms with Gasteiger partial charge in [0.1, 0.15) is 0 Å². The molecule has 1 unspecified atom stereocenters. The van der Waals surface area contributed by atoms with Crippen LogP contribution >= 0.6 is 0 Å². The van der Waals surface area contributed by atoms with E-state index in [4.69, 9.17) is 0 Å². The summed E-state index contributed by atoms with van der Waals surface area (Å²) < 4.78 is 0. The van der Waals surface area contributed by atoms with Crippen molar-refractivity contribution in [2.24, 2.45) is 0 Å². The van der Waals surface area contributed by atoms with Crippen LogP contribution in [0.5, 0.6) is 0 Å². The van der Waals surface area contributed by atoms with Gasteiger partial charge in [-0.2, -0.15) is 0 Å². The van der Waals surface area contributed by atoms with Gasteiger partial charge >= 0.3 is 0 Å². The van der Waals surface area contributed by atoms with Gasteiger partial charge in [0.15, 0.2) is 0 Å². The van der Waals surface area contributed by atoms with Gasteiger partial charge in [0.25, 0.3) is 0 Å². The lowest BCUT2D eigenvalue weighted by molar-refractivity contribution is 0.692. The predicted molar refractivity (Wildman–Crippen MR) is 64.6 cm³/mol. The summed E-state index contributed by atoms with van der Waals surface area (Å²) in [6.45, 7) is 8.79. The molecule has 2 rings (SSSR count). The highest BCUT2D eigenvalue weighted by Gasteiger charge is 2.32. The average Bonchev–Trinajstić information content (AvgIpc) is 2.45. The van der Waals surface area contributed by atoms with Crippen molar-refractivity contribution < 1.29 is 0 Å². The van der Waals surface area contributed by atoms with E-state index in [-0.39, 0.29) is 5.41 Å². The smallest absolute Gasteiger partial charge is 0.0391 e. The summed E-state index contributed by atoms with van der Waals surface area (Å²) in [5, 5.41) is 0. The normalized spacial score (nSPS) is 25.7. The van der Waals surface area contributed by atoms with Gasteiger partial charge in [-0.15, -0.1) is 0 Å². The first-order valence-electron chi connectivity index (χ1n) is 5.41. The standard InChI is InChI=1S/C15H17/c1-11-10-15(4,13(3)12(11)2)14-8-6-5-7-9-14/h5-9H,1-4H3. The predicted octanol–water partition coefficient (Wildman–Crippen LogP) is 4.04. The first-order chi connectivity index (χ1) is 7.05. The number of allylic oxidation sites excluding steroid dienone is 4. The average molecular weight is 197 g/mol. The third-order valence-electron chi connectivity index (χ3n) is 3.66. The maximum atomic E-state index is 3.59. The van der Waals surface area contributed by atoms with E-state index >= 15 is 0 Å². The van der Waals surface area contributed by atoms with Gasteiger partial charge in [0, 0.05) is 5.41 Å². The Kier molecular flexibility index (Phi) is 2.30. The molecule has 0 bridgehead atoms. The fourth-order valence-electron chi connectivity index (χ4n) is 2.28. The molecule has 0 spiro atoms. The first-order valence-corrected chi connectivity index (χ1v) is 5.41. The molecule has 1 aromatic carbocycles. The van der Waals surface area contributed by atoms with E-state index in [2.05, 4.69) is 64.1 Å². The Hall–Kier alpha value is -1.30. The lowest BCUT2D eigenvalue weighted by Gasteiger charge is -2.24. The molecule has 1 radical (unpaired) electrons. The largest absolute Gasteiger partial charge is 0.0622 e. The van der Waals surface area contributed by atoms with Gasteiger partial charge in [0.2, 0.25) is 0 Å². The van der Waals surface area contributed by atoms with Crippen molar-refractivity contribution in [2.45, 2.75) is 33.1 Å². The summed E-state index contributed by atoms with van der Waals surface area (Å²) in [7, 11) is 0. The third-order valence-corrected chi connectivity index (χ3v) is 3.66. The molecule has 15 heavy (non-hydrogen) atoms. The summed E-state index contributed by atoms with van der Waals surface area (Å²) in [6.07, 6.45) is 3.59. The first kappa shape index (κ1) is 10.2. The molecule has 77 valence electrons. The number of benzene rings is 1. The minimum absolute atomic E-state index is 0.0184. The third kappa shape index (κ3) is 1.45. The van der Waals surface area contributed by atoms with Gasteiger partial charge in [-0.25, -0.2) is 0 Å². The van der Waals surface area contributed by atoms with Crippen molar-refractivity contribution in [1.82, 2.24) is 0 Å². The molecule has 0 heteroatoms. The van der Waals surface area contributed by atoms with E-state index in [0.29, 0.717) is 0 Å². The van der Waals surface area contributed by atoms with Crippen LogP contribution in [0, 0.1) is 6.08 Å². The van der Waals surface area contributed by atoms with Crippen molar-refractivity contribution in [1.29, 1.82) is 0 Å². The maximum Gasteiger partial charge on any atom is 0.0391 e. The van der Waals surface area contributed by atoms with Crippen molar-refractivity contribution in [3.8, 4) is 0 Å². The van der Waals surface area contributed by atoms with Gasteiger partial charge < -0.3 is 0 Å². The van der Waals surface area contributed by atoms with Crippen LogP contribution in [-0.2, 0) is 5.41 Å². The second-order valence-corrected chi connectivity index (χ2v) is 4.49. The topological polar surface area (TPSA) is 0 Å². The van der Waals surface area contributed by atoms with Crippen LogP contribution in [0.1, 0.15) is 33.3 Å². The minimum atomic E-state index is -0.0184. The number of hydrogen-bond acceptors (Lipinski definition) is 0. The van der Waals surface area contributed by atoms with Crippen LogP contribution in [0.25, 0.3) is 0 Å². The quantitative estimate of drug-likeness (QED) is 0.637. The zero-order valence-corrected chi connectivity index (χ0v) is 9.89. The molecule has 0 amide bonds. The van der Waals surface area contributed by atoms with Gasteiger partial charge in [-0.1, -0.05) is 35.9 Å². The van der Waals surface area contributed by atoms with Crippen molar-refractivity contribution in [3.63, 3.8) is 0 Å². The molecule has 1 aliphatic carbocycles. The fraction of sp³-hybridized carbons (Fsp3) is 0.333. The monoisotopic (exact) mass is 197 g/mol. The van der Waals surface area contributed by atoms with Crippen LogP contribution in [0.2, 0.25) is 0 Å². The Morgan fingerprint density at radius 1 is 1.00 bits per heavy atom. The summed E-state index contributed by atoms with van der Waals surface area (Å²) in [5.74, 6) is 0. The van der Waals surface area contributed by atoms with Gasteiger partial charge in [-0.05, 0) is 50.5 Å². The summed E-state index contributed by atoms with van der Waals surface area (Å²) in [4.78, 5) is 0. The molecule has 1 aromatic rings. The summed E-state index contributed by atoms with van der Waals surface area (Å²) in [6, 6.07) is 10.6. The van der Waals surface area contributed by atoms with Gasteiger partial charge in [0.05, 0.1) is 0 Å². The second kappa shape index (κ2) is 3.37. The molecule has 0 N–H and O–H groups in total. The molecule has 1 aliphatic rings. The molecule has 0 saturated carbocycles. The van der Waals surface area contributed by atoms with E-state index in [1.807, 2.05) is 0 Å². The molecule has 1 atom stereocenters. The molecule has 0 fully saturated rings. The lowest BCUT2D eigenvalue weighted by Crippen LogP contribution is -2.19. The Morgan fingerprint density at radius 2 is 1.60 bits per heavy atom. The van der Waals surface area contributed by atoms with Crippen LogP contribution in [0.3, 0.4) is 0 Å². The highest BCUT2D eigenvalue weighted by Crippen LogP contribution is 2.41. The van der Waals surface area contributed by atoms with Crippen LogP contribution in [0.4, 0.5) is 0 Å². The van der Waals surface area contributed by atoms with Crippen molar-refractivity contribution >= 4 is 0 Å². The zero-order chi connectivity index (χ0) is 11.1. The van der Waals surface area contributed by atoms with E-state index in [0.717, 1.165) is 0 Å². The van der Waals surface area contributed by atoms with E-state index in [9.17, 15) is 0 Å². The van der Waals surface area contributed by atoms with Gasteiger partial charge in [-0.3, -0.25) is 0 Å². The second-order valence-electron chi connectivity index (χ2n) is 4.49. The number of rotatable bonds is 1. The number of hydrogen-bond donors (Lipinski definition) is 0. The Balaban J connectivity index is 2.56. The van der Waals surface area contributed by atoms with Crippen LogP contribution in [-0.4, -0.2) is 0 Å². The van der Waals surface area contributed by atoms with Crippen LogP contribution < -0.4 is 0 Å². The fourth-order valence-corrected chi connectivity index (χ4v) is 2.28. The molecule has 0 aromatic heterocycles. The maximum absolute atomic E-state index is 3.59. The SMILES string of the molecule is CC1=[C]C(C)(c2ccccc2)C(C)=C1C. The molecule has 0 saturated heterocycles. The molecule has 0 nitrogen and oxygen atoms in total. The molecule has 0 heterocycles. The Labute approximate surface area is 92.3 Å². The highest BCUT2D eigenvalue weighted by molar-refractivity contribution is 5.51. The Morgan fingerprint density at radius 3 is 2.07 bits per heavy atom. The zero-order valence-electron chi connectivity index (χ0n) is 9.89. The highest BCUT2D eigenvalue weighted by atomic mass is 14.4. The van der Waals surface area contributed by atoms with E-state index in [1.165, 1.54) is 22.3 Å². The van der Waals surface area contributed by atoms with E-state index in [1.54, 1.807) is 0 Å². The lowest BCUT2D eigenvalue weighted by atomic mass is 9.78. The Bertz CT molecular complexity index is 434. The van der Waals surface area contributed by atoms with Crippen molar-refractivity contribution in [2.75, 3.05) is 0 Å².